The van der Waals surface area contributed by atoms with Gasteiger partial charge in [0.1, 0.15) is 5.75 Å². The number of benzene rings is 2. The second-order valence-corrected chi connectivity index (χ2v) is 6.27. The van der Waals surface area contributed by atoms with Crippen molar-refractivity contribution in [2.45, 2.75) is 6.42 Å². The molecule has 0 unspecified atom stereocenters. The highest BCUT2D eigenvalue weighted by molar-refractivity contribution is 6.35. The van der Waals surface area contributed by atoms with Gasteiger partial charge in [-0.3, -0.25) is 0 Å². The first-order valence-electron chi connectivity index (χ1n) is 7.92. The fourth-order valence-electron chi connectivity index (χ4n) is 2.29. The van der Waals surface area contributed by atoms with Gasteiger partial charge in [-0.2, -0.15) is 10.1 Å². The molecule has 8 heteroatoms. The highest BCUT2D eigenvalue weighted by Crippen LogP contribution is 2.21. The van der Waals surface area contributed by atoms with Crippen molar-refractivity contribution < 1.29 is 4.74 Å². The van der Waals surface area contributed by atoms with Crippen LogP contribution in [-0.4, -0.2) is 28.8 Å². The molecule has 0 bridgehead atoms. The molecule has 0 amide bonds. The van der Waals surface area contributed by atoms with Crippen molar-refractivity contribution in [3.63, 3.8) is 0 Å². The summed E-state index contributed by atoms with van der Waals surface area (Å²) in [5, 5.41) is 15.5. The average Bonchev–Trinajstić information content (AvgIpc) is 2.64. The molecule has 0 aliphatic carbocycles. The molecule has 0 radical (unpaired) electrons. The van der Waals surface area contributed by atoms with Crippen molar-refractivity contribution in [3.05, 3.63) is 64.3 Å². The quantitative estimate of drug-likeness (QED) is 0.615. The molecule has 0 aliphatic heterocycles. The second-order valence-electron chi connectivity index (χ2n) is 5.43. The standard InChI is InChI=1S/C18H17Cl2N5O/c1-26-15-6-4-14(5-7-15)23-18-24-17(11-22-25-18)21-9-8-12-2-3-13(19)10-16(12)20/h2-7,10-11H,8-9H2,1H3,(H2,21,23,24,25). The number of nitrogens with one attached hydrogen (secondary N) is 2. The van der Waals surface area contributed by atoms with Gasteiger partial charge in [-0.15, -0.1) is 5.10 Å². The third-order valence-corrected chi connectivity index (χ3v) is 4.21. The van der Waals surface area contributed by atoms with E-state index >= 15 is 0 Å². The molecule has 0 saturated carbocycles. The van der Waals surface area contributed by atoms with Crippen molar-refractivity contribution >= 4 is 40.7 Å². The summed E-state index contributed by atoms with van der Waals surface area (Å²) in [6, 6.07) is 13.0. The van der Waals surface area contributed by atoms with Gasteiger partial charge in [0.25, 0.3) is 0 Å². The Morgan fingerprint density at radius 2 is 1.88 bits per heavy atom. The molecule has 26 heavy (non-hydrogen) atoms. The minimum Gasteiger partial charge on any atom is -0.497 e. The predicted octanol–water partition coefficient (Wildman–Crippen LogP) is 4.59. The summed E-state index contributed by atoms with van der Waals surface area (Å²) in [5.41, 5.74) is 1.86. The zero-order valence-corrected chi connectivity index (χ0v) is 15.6. The molecule has 6 nitrogen and oxygen atoms in total. The molecule has 0 fully saturated rings. The number of methoxy groups -OCH3 is 1. The molecule has 3 aromatic rings. The molecule has 1 heterocycles. The monoisotopic (exact) mass is 389 g/mol. The Morgan fingerprint density at radius 3 is 2.62 bits per heavy atom. The zero-order valence-electron chi connectivity index (χ0n) is 14.0. The van der Waals surface area contributed by atoms with Crippen LogP contribution in [-0.2, 0) is 6.42 Å². The summed E-state index contributed by atoms with van der Waals surface area (Å²) >= 11 is 12.1. The highest BCUT2D eigenvalue weighted by Gasteiger charge is 2.04. The molecule has 0 aliphatic rings. The van der Waals surface area contributed by atoms with E-state index < -0.39 is 0 Å². The first kappa shape index (κ1) is 18.2. The van der Waals surface area contributed by atoms with Crippen LogP contribution in [0, 0.1) is 0 Å². The van der Waals surface area contributed by atoms with E-state index in [9.17, 15) is 0 Å². The number of hydrogen-bond acceptors (Lipinski definition) is 6. The minimum absolute atomic E-state index is 0.407. The van der Waals surface area contributed by atoms with E-state index in [4.69, 9.17) is 27.9 Å². The lowest BCUT2D eigenvalue weighted by Gasteiger charge is -2.09. The van der Waals surface area contributed by atoms with E-state index in [-0.39, 0.29) is 0 Å². The lowest BCUT2D eigenvalue weighted by Crippen LogP contribution is -2.09. The average molecular weight is 390 g/mol. The molecule has 2 N–H and O–H groups in total. The van der Waals surface area contributed by atoms with Crippen molar-refractivity contribution in [2.75, 3.05) is 24.3 Å². The minimum atomic E-state index is 0.407. The van der Waals surface area contributed by atoms with Crippen LogP contribution in [0.15, 0.2) is 48.7 Å². The fourth-order valence-corrected chi connectivity index (χ4v) is 2.80. The van der Waals surface area contributed by atoms with E-state index in [0.717, 1.165) is 23.4 Å². The van der Waals surface area contributed by atoms with Crippen LogP contribution >= 0.6 is 23.2 Å². The Kier molecular flexibility index (Phi) is 6.09. The number of rotatable bonds is 7. The van der Waals surface area contributed by atoms with E-state index in [2.05, 4.69) is 25.8 Å². The van der Waals surface area contributed by atoms with Crippen LogP contribution in [0.25, 0.3) is 0 Å². The third kappa shape index (κ3) is 4.97. The number of hydrogen-bond donors (Lipinski definition) is 2. The molecule has 134 valence electrons. The molecule has 0 spiro atoms. The fraction of sp³-hybridized carbons (Fsp3) is 0.167. The van der Waals surface area contributed by atoms with Crippen LogP contribution < -0.4 is 15.4 Å². The summed E-state index contributed by atoms with van der Waals surface area (Å²) in [5.74, 6) is 1.82. The van der Waals surface area contributed by atoms with Crippen molar-refractivity contribution in [1.29, 1.82) is 0 Å². The molecule has 1 aromatic heterocycles. The van der Waals surface area contributed by atoms with Gasteiger partial charge in [0.2, 0.25) is 5.95 Å². The Hall–Kier alpha value is -2.57. The highest BCUT2D eigenvalue weighted by atomic mass is 35.5. The summed E-state index contributed by atoms with van der Waals surface area (Å²) in [6.07, 6.45) is 2.31. The van der Waals surface area contributed by atoms with Gasteiger partial charge in [-0.1, -0.05) is 29.3 Å². The molecule has 0 saturated heterocycles. The van der Waals surface area contributed by atoms with Gasteiger partial charge < -0.3 is 15.4 Å². The lowest BCUT2D eigenvalue weighted by atomic mass is 10.1. The van der Waals surface area contributed by atoms with E-state index in [1.165, 1.54) is 0 Å². The van der Waals surface area contributed by atoms with Gasteiger partial charge in [0.05, 0.1) is 13.3 Å². The van der Waals surface area contributed by atoms with Crippen molar-refractivity contribution in [3.8, 4) is 5.75 Å². The Balaban J connectivity index is 1.58. The van der Waals surface area contributed by atoms with E-state index in [0.29, 0.717) is 28.4 Å². The maximum atomic E-state index is 6.18. The second kappa shape index (κ2) is 8.69. The van der Waals surface area contributed by atoms with Crippen LogP contribution in [0.3, 0.4) is 0 Å². The SMILES string of the molecule is COc1ccc(Nc2nncc(NCCc3ccc(Cl)cc3Cl)n2)cc1. The van der Waals surface area contributed by atoms with E-state index in [1.54, 1.807) is 19.4 Å². The number of nitrogens with zero attached hydrogens (tertiary/aromatic N) is 3. The normalized spacial score (nSPS) is 10.4. The molecular weight excluding hydrogens is 373 g/mol. The van der Waals surface area contributed by atoms with Gasteiger partial charge in [-0.25, -0.2) is 0 Å². The molecule has 3 rings (SSSR count). The third-order valence-electron chi connectivity index (χ3n) is 3.62. The lowest BCUT2D eigenvalue weighted by molar-refractivity contribution is 0.415. The maximum absolute atomic E-state index is 6.18. The molecular formula is C18H17Cl2N5O. The number of halogens is 2. The smallest absolute Gasteiger partial charge is 0.249 e. The Labute approximate surface area is 161 Å². The first-order valence-corrected chi connectivity index (χ1v) is 8.68. The van der Waals surface area contributed by atoms with Crippen molar-refractivity contribution in [2.24, 2.45) is 0 Å². The van der Waals surface area contributed by atoms with Crippen molar-refractivity contribution in [1.82, 2.24) is 15.2 Å². The topological polar surface area (TPSA) is 72.0 Å². The molecule has 2 aromatic carbocycles. The summed E-state index contributed by atoms with van der Waals surface area (Å²) < 4.78 is 5.14. The summed E-state index contributed by atoms with van der Waals surface area (Å²) in [6.45, 7) is 0.655. The van der Waals surface area contributed by atoms with Crippen LogP contribution in [0.2, 0.25) is 10.0 Å². The van der Waals surface area contributed by atoms with Crippen LogP contribution in [0.1, 0.15) is 5.56 Å². The number of ether oxygens (including phenoxy) is 1. The number of aromatic nitrogens is 3. The van der Waals surface area contributed by atoms with E-state index in [1.807, 2.05) is 36.4 Å². The Morgan fingerprint density at radius 1 is 1.08 bits per heavy atom. The largest absolute Gasteiger partial charge is 0.497 e. The Bertz CT molecular complexity index is 874. The number of anilines is 3. The molecule has 0 atom stereocenters. The zero-order chi connectivity index (χ0) is 18.4. The summed E-state index contributed by atoms with van der Waals surface area (Å²) in [4.78, 5) is 4.40. The van der Waals surface area contributed by atoms with Gasteiger partial charge in [-0.05, 0) is 48.4 Å². The van der Waals surface area contributed by atoms with Gasteiger partial charge in [0.15, 0.2) is 5.82 Å². The van der Waals surface area contributed by atoms with Crippen LogP contribution in [0.5, 0.6) is 5.75 Å². The summed E-state index contributed by atoms with van der Waals surface area (Å²) in [7, 11) is 1.63. The maximum Gasteiger partial charge on any atom is 0.249 e. The predicted molar refractivity (Wildman–Crippen MR) is 105 cm³/mol. The van der Waals surface area contributed by atoms with Crippen LogP contribution in [0.4, 0.5) is 17.5 Å². The van der Waals surface area contributed by atoms with Gasteiger partial charge >= 0.3 is 0 Å². The van der Waals surface area contributed by atoms with Gasteiger partial charge in [0, 0.05) is 22.3 Å². The first-order chi connectivity index (χ1) is 12.6.